The molecule has 0 amide bonds. The minimum absolute atomic E-state index is 0.658. The highest BCUT2D eigenvalue weighted by Crippen LogP contribution is 2.35. The number of hydrogen-bond acceptors (Lipinski definition) is 0. The second-order valence-electron chi connectivity index (χ2n) is 7.10. The van der Waals surface area contributed by atoms with Gasteiger partial charge >= 0.3 is 0 Å². The molecule has 2 unspecified atom stereocenters. The molecule has 0 aromatic heterocycles. The number of rotatable bonds is 7. The molecule has 0 heteroatoms. The zero-order chi connectivity index (χ0) is 15.9. The number of hydrogen-bond donors (Lipinski definition) is 0. The van der Waals surface area contributed by atoms with E-state index in [1.54, 1.807) is 0 Å². The summed E-state index contributed by atoms with van der Waals surface area (Å²) in [6.45, 7) is 9.41. The summed E-state index contributed by atoms with van der Waals surface area (Å²) in [6, 6.07) is 22.1. The molecule has 0 aliphatic heterocycles. The van der Waals surface area contributed by atoms with Crippen LogP contribution in [0, 0.1) is 11.8 Å². The minimum Gasteiger partial charge on any atom is -0.0622 e. The molecule has 2 aromatic rings. The molecule has 0 N–H and O–H groups in total. The van der Waals surface area contributed by atoms with Gasteiger partial charge in [0.05, 0.1) is 0 Å². The maximum Gasteiger partial charge on any atom is -0.0139 e. The Labute approximate surface area is 136 Å². The van der Waals surface area contributed by atoms with Crippen molar-refractivity contribution in [2.45, 2.75) is 52.4 Å². The summed E-state index contributed by atoms with van der Waals surface area (Å²) < 4.78 is 0. The van der Waals surface area contributed by atoms with E-state index in [2.05, 4.69) is 88.4 Å². The third kappa shape index (κ3) is 4.47. The van der Waals surface area contributed by atoms with Crippen LogP contribution in [0.5, 0.6) is 0 Å². The van der Waals surface area contributed by atoms with E-state index < -0.39 is 0 Å². The summed E-state index contributed by atoms with van der Waals surface area (Å²) in [4.78, 5) is 0. The standard InChI is InChI=1S/C22H30/c1-17(2)21(19-11-7-5-8-12-19)15-16-22(18(3)4)20-13-9-6-10-14-20/h5-14,17-18,21-22H,15-16H2,1-4H3. The van der Waals surface area contributed by atoms with Gasteiger partial charge in [-0.3, -0.25) is 0 Å². The fourth-order valence-corrected chi connectivity index (χ4v) is 3.53. The van der Waals surface area contributed by atoms with E-state index in [0.717, 1.165) is 0 Å². The molecule has 0 aliphatic carbocycles. The van der Waals surface area contributed by atoms with E-state index in [4.69, 9.17) is 0 Å². The van der Waals surface area contributed by atoms with E-state index in [1.165, 1.54) is 24.0 Å². The molecular formula is C22H30. The Bertz CT molecular complexity index is 473. The summed E-state index contributed by atoms with van der Waals surface area (Å²) in [5.41, 5.74) is 2.99. The average molecular weight is 294 g/mol. The highest BCUT2D eigenvalue weighted by atomic mass is 14.3. The van der Waals surface area contributed by atoms with Crippen LogP contribution in [0.3, 0.4) is 0 Å². The smallest absolute Gasteiger partial charge is 0.0139 e. The topological polar surface area (TPSA) is 0 Å². The van der Waals surface area contributed by atoms with Gasteiger partial charge in [0.2, 0.25) is 0 Å². The van der Waals surface area contributed by atoms with Crippen LogP contribution in [0.15, 0.2) is 60.7 Å². The molecule has 118 valence electrons. The van der Waals surface area contributed by atoms with Crippen LogP contribution < -0.4 is 0 Å². The molecular weight excluding hydrogens is 264 g/mol. The van der Waals surface area contributed by atoms with Crippen LogP contribution in [0.4, 0.5) is 0 Å². The molecule has 0 nitrogen and oxygen atoms in total. The van der Waals surface area contributed by atoms with Crippen molar-refractivity contribution in [3.63, 3.8) is 0 Å². The van der Waals surface area contributed by atoms with Crippen molar-refractivity contribution in [2.75, 3.05) is 0 Å². The Hall–Kier alpha value is -1.56. The second kappa shape index (κ2) is 8.17. The largest absolute Gasteiger partial charge is 0.0622 e. The molecule has 0 aliphatic rings. The average Bonchev–Trinajstić information content (AvgIpc) is 2.52. The first kappa shape index (κ1) is 16.8. The molecule has 0 saturated heterocycles. The first-order chi connectivity index (χ1) is 10.6. The van der Waals surface area contributed by atoms with Gasteiger partial charge in [-0.1, -0.05) is 88.4 Å². The fraction of sp³-hybridized carbons (Fsp3) is 0.455. The van der Waals surface area contributed by atoms with E-state index in [1.807, 2.05) is 0 Å². The normalized spacial score (nSPS) is 14.3. The van der Waals surface area contributed by atoms with Crippen LogP contribution in [-0.4, -0.2) is 0 Å². The van der Waals surface area contributed by atoms with Crippen LogP contribution in [-0.2, 0) is 0 Å². The Kier molecular flexibility index (Phi) is 6.24. The zero-order valence-electron chi connectivity index (χ0n) is 14.5. The van der Waals surface area contributed by atoms with Crippen molar-refractivity contribution in [2.24, 2.45) is 11.8 Å². The Morgan fingerprint density at radius 2 is 0.864 bits per heavy atom. The van der Waals surface area contributed by atoms with Gasteiger partial charge in [0, 0.05) is 0 Å². The molecule has 2 rings (SSSR count). The number of benzene rings is 2. The van der Waals surface area contributed by atoms with E-state index in [0.29, 0.717) is 23.7 Å². The fourth-order valence-electron chi connectivity index (χ4n) is 3.53. The maximum absolute atomic E-state index is 2.35. The van der Waals surface area contributed by atoms with Crippen molar-refractivity contribution >= 4 is 0 Å². The van der Waals surface area contributed by atoms with Crippen molar-refractivity contribution < 1.29 is 0 Å². The summed E-state index contributed by atoms with van der Waals surface area (Å²) in [5.74, 6) is 2.69. The maximum atomic E-state index is 2.35. The second-order valence-corrected chi connectivity index (χ2v) is 7.10. The van der Waals surface area contributed by atoms with Gasteiger partial charge in [-0.15, -0.1) is 0 Å². The Balaban J connectivity index is 2.10. The molecule has 2 aromatic carbocycles. The van der Waals surface area contributed by atoms with Gasteiger partial charge in [0.25, 0.3) is 0 Å². The van der Waals surface area contributed by atoms with E-state index in [9.17, 15) is 0 Å². The molecule has 22 heavy (non-hydrogen) atoms. The van der Waals surface area contributed by atoms with Gasteiger partial charge < -0.3 is 0 Å². The first-order valence-corrected chi connectivity index (χ1v) is 8.69. The molecule has 0 heterocycles. The van der Waals surface area contributed by atoms with Gasteiger partial charge in [-0.25, -0.2) is 0 Å². The lowest BCUT2D eigenvalue weighted by Crippen LogP contribution is -2.12. The highest BCUT2D eigenvalue weighted by Gasteiger charge is 2.21. The third-order valence-electron chi connectivity index (χ3n) is 4.85. The van der Waals surface area contributed by atoms with Gasteiger partial charge in [0.1, 0.15) is 0 Å². The van der Waals surface area contributed by atoms with Crippen molar-refractivity contribution in [1.82, 2.24) is 0 Å². The summed E-state index contributed by atoms with van der Waals surface area (Å²) in [7, 11) is 0. The molecule has 2 atom stereocenters. The third-order valence-corrected chi connectivity index (χ3v) is 4.85. The summed E-state index contributed by atoms with van der Waals surface area (Å²) >= 11 is 0. The highest BCUT2D eigenvalue weighted by molar-refractivity contribution is 5.22. The zero-order valence-corrected chi connectivity index (χ0v) is 14.5. The predicted octanol–water partition coefficient (Wildman–Crippen LogP) is 6.65. The van der Waals surface area contributed by atoms with Crippen molar-refractivity contribution in [1.29, 1.82) is 0 Å². The van der Waals surface area contributed by atoms with Crippen molar-refractivity contribution in [3.05, 3.63) is 71.8 Å². The molecule has 0 radical (unpaired) electrons. The van der Waals surface area contributed by atoms with Gasteiger partial charge in [-0.2, -0.15) is 0 Å². The lowest BCUT2D eigenvalue weighted by molar-refractivity contribution is 0.391. The summed E-state index contributed by atoms with van der Waals surface area (Å²) in [6.07, 6.45) is 2.53. The quantitative estimate of drug-likeness (QED) is 0.536. The predicted molar refractivity (Wildman–Crippen MR) is 97.3 cm³/mol. The minimum atomic E-state index is 0.658. The van der Waals surface area contributed by atoms with Crippen LogP contribution >= 0.6 is 0 Å². The van der Waals surface area contributed by atoms with Gasteiger partial charge in [-0.05, 0) is 47.6 Å². The van der Waals surface area contributed by atoms with Crippen LogP contribution in [0.1, 0.15) is 63.5 Å². The monoisotopic (exact) mass is 294 g/mol. The molecule has 0 fully saturated rings. The molecule has 0 bridgehead atoms. The van der Waals surface area contributed by atoms with Crippen LogP contribution in [0.2, 0.25) is 0 Å². The van der Waals surface area contributed by atoms with Crippen LogP contribution in [0.25, 0.3) is 0 Å². The molecule has 0 spiro atoms. The Morgan fingerprint density at radius 1 is 0.545 bits per heavy atom. The lowest BCUT2D eigenvalue weighted by atomic mass is 9.78. The van der Waals surface area contributed by atoms with E-state index in [-0.39, 0.29) is 0 Å². The van der Waals surface area contributed by atoms with E-state index >= 15 is 0 Å². The SMILES string of the molecule is CC(C)C(CCC(c1ccccc1)C(C)C)c1ccccc1. The lowest BCUT2D eigenvalue weighted by Gasteiger charge is -2.27. The molecule has 0 saturated carbocycles. The summed E-state index contributed by atoms with van der Waals surface area (Å²) in [5, 5.41) is 0. The first-order valence-electron chi connectivity index (χ1n) is 8.69. The Morgan fingerprint density at radius 3 is 1.14 bits per heavy atom. The van der Waals surface area contributed by atoms with Gasteiger partial charge in [0.15, 0.2) is 0 Å². The van der Waals surface area contributed by atoms with Crippen molar-refractivity contribution in [3.8, 4) is 0 Å².